The van der Waals surface area contributed by atoms with E-state index in [2.05, 4.69) is 0 Å². The van der Waals surface area contributed by atoms with E-state index < -0.39 is 5.82 Å². The number of halogens is 2. The van der Waals surface area contributed by atoms with Gasteiger partial charge in [-0.05, 0) is 37.0 Å². The topological polar surface area (TPSA) is 26.3 Å². The molecule has 0 radical (unpaired) electrons. The Bertz CT molecular complexity index is 414. The summed E-state index contributed by atoms with van der Waals surface area (Å²) >= 11 is 5.65. The summed E-state index contributed by atoms with van der Waals surface area (Å²) in [6, 6.07) is 4.37. The summed E-state index contributed by atoms with van der Waals surface area (Å²) in [5.41, 5.74) is 0.383. The number of carbonyl (C=O) groups excluding carboxylic acids is 1. The number of Topliss-reactive ketones (excluding diaryl/α,β-unsaturated/α-hetero) is 1. The third-order valence-electron chi connectivity index (χ3n) is 2.92. The molecule has 1 aromatic carbocycles. The summed E-state index contributed by atoms with van der Waals surface area (Å²) in [5, 5.41) is 0.340. The maximum absolute atomic E-state index is 13.5. The van der Waals surface area contributed by atoms with Crippen LogP contribution in [-0.4, -0.2) is 18.5 Å². The molecule has 92 valence electrons. The Kier molecular flexibility index (Phi) is 4.13. The standard InChI is InChI=1S/C13H14ClFO2/c14-10-5-4-9(11(15)8-10)7-12(16)13-3-1-2-6-17-13/h4-5,8,13H,1-3,6-7H2. The van der Waals surface area contributed by atoms with Gasteiger partial charge in [0.05, 0.1) is 0 Å². The fraction of sp³-hybridized carbons (Fsp3) is 0.462. The van der Waals surface area contributed by atoms with Crippen LogP contribution in [-0.2, 0) is 16.0 Å². The number of carbonyl (C=O) groups is 1. The smallest absolute Gasteiger partial charge is 0.166 e. The lowest BCUT2D eigenvalue weighted by atomic mass is 10.00. The minimum Gasteiger partial charge on any atom is -0.370 e. The second-order valence-corrected chi connectivity index (χ2v) is 4.67. The lowest BCUT2D eigenvalue weighted by Crippen LogP contribution is -2.29. The van der Waals surface area contributed by atoms with Gasteiger partial charge in [0, 0.05) is 18.1 Å². The molecule has 4 heteroatoms. The van der Waals surface area contributed by atoms with Gasteiger partial charge in [0.1, 0.15) is 11.9 Å². The molecule has 0 aliphatic carbocycles. The highest BCUT2D eigenvalue weighted by atomic mass is 35.5. The summed E-state index contributed by atoms with van der Waals surface area (Å²) in [7, 11) is 0. The fourth-order valence-electron chi connectivity index (χ4n) is 1.96. The first kappa shape index (κ1) is 12.5. The second-order valence-electron chi connectivity index (χ2n) is 4.23. The van der Waals surface area contributed by atoms with E-state index in [0.717, 1.165) is 19.3 Å². The Morgan fingerprint density at radius 2 is 2.29 bits per heavy atom. The molecule has 1 fully saturated rings. The van der Waals surface area contributed by atoms with Crippen molar-refractivity contribution in [3.63, 3.8) is 0 Å². The van der Waals surface area contributed by atoms with Crippen molar-refractivity contribution in [1.29, 1.82) is 0 Å². The predicted octanol–water partition coefficient (Wildman–Crippen LogP) is 3.16. The summed E-state index contributed by atoms with van der Waals surface area (Å²) in [5.74, 6) is -0.479. The maximum Gasteiger partial charge on any atom is 0.166 e. The van der Waals surface area contributed by atoms with Gasteiger partial charge in [0.15, 0.2) is 5.78 Å². The highest BCUT2D eigenvalue weighted by Crippen LogP contribution is 2.19. The molecule has 1 atom stereocenters. The summed E-state index contributed by atoms with van der Waals surface area (Å²) in [4.78, 5) is 11.9. The molecule has 0 aromatic heterocycles. The molecular formula is C13H14ClFO2. The Balaban J connectivity index is 2.02. The summed E-state index contributed by atoms with van der Waals surface area (Å²) in [6.07, 6.45) is 2.46. The molecule has 1 unspecified atom stereocenters. The third-order valence-corrected chi connectivity index (χ3v) is 3.15. The number of ether oxygens (including phenoxy) is 1. The van der Waals surface area contributed by atoms with Gasteiger partial charge in [0.25, 0.3) is 0 Å². The fourth-order valence-corrected chi connectivity index (χ4v) is 2.12. The van der Waals surface area contributed by atoms with E-state index >= 15 is 0 Å². The van der Waals surface area contributed by atoms with Crippen LogP contribution >= 0.6 is 11.6 Å². The van der Waals surface area contributed by atoms with Gasteiger partial charge in [-0.15, -0.1) is 0 Å². The minimum absolute atomic E-state index is 0.0501. The maximum atomic E-state index is 13.5. The van der Waals surface area contributed by atoms with Gasteiger partial charge in [-0.3, -0.25) is 4.79 Å². The van der Waals surface area contributed by atoms with Gasteiger partial charge >= 0.3 is 0 Å². The van der Waals surface area contributed by atoms with Crippen LogP contribution in [0.2, 0.25) is 5.02 Å². The molecule has 2 rings (SSSR count). The van der Waals surface area contributed by atoms with Crippen molar-refractivity contribution in [2.75, 3.05) is 6.61 Å². The highest BCUT2D eigenvalue weighted by Gasteiger charge is 2.22. The molecule has 1 aromatic rings. The molecule has 1 heterocycles. The Hall–Kier alpha value is -0.930. The van der Waals surface area contributed by atoms with Crippen molar-refractivity contribution in [2.45, 2.75) is 31.8 Å². The van der Waals surface area contributed by atoms with E-state index in [4.69, 9.17) is 16.3 Å². The van der Waals surface area contributed by atoms with Crippen LogP contribution in [0.4, 0.5) is 4.39 Å². The first-order valence-electron chi connectivity index (χ1n) is 5.75. The molecule has 0 N–H and O–H groups in total. The minimum atomic E-state index is -0.429. The number of rotatable bonds is 3. The SMILES string of the molecule is O=C(Cc1ccc(Cl)cc1F)C1CCCCO1. The first-order chi connectivity index (χ1) is 8.16. The number of ketones is 1. The van der Waals surface area contributed by atoms with Gasteiger partial charge in [-0.1, -0.05) is 17.7 Å². The number of hydrogen-bond acceptors (Lipinski definition) is 2. The number of benzene rings is 1. The molecule has 1 saturated heterocycles. The van der Waals surface area contributed by atoms with E-state index in [1.165, 1.54) is 6.07 Å². The van der Waals surface area contributed by atoms with Crippen molar-refractivity contribution in [3.8, 4) is 0 Å². The Morgan fingerprint density at radius 3 is 2.94 bits per heavy atom. The Morgan fingerprint density at radius 1 is 1.47 bits per heavy atom. The molecule has 0 bridgehead atoms. The summed E-state index contributed by atoms with van der Waals surface area (Å²) < 4.78 is 18.9. The monoisotopic (exact) mass is 256 g/mol. The molecule has 1 aliphatic heterocycles. The molecule has 0 saturated carbocycles. The molecule has 0 amide bonds. The average molecular weight is 257 g/mol. The van der Waals surface area contributed by atoms with Crippen molar-refractivity contribution >= 4 is 17.4 Å². The van der Waals surface area contributed by atoms with E-state index in [-0.39, 0.29) is 18.3 Å². The lowest BCUT2D eigenvalue weighted by molar-refractivity contribution is -0.132. The van der Waals surface area contributed by atoms with Crippen LogP contribution in [0.3, 0.4) is 0 Å². The molecule has 2 nitrogen and oxygen atoms in total. The second kappa shape index (κ2) is 5.61. The normalized spacial score (nSPS) is 20.2. The van der Waals surface area contributed by atoms with Gasteiger partial charge in [0.2, 0.25) is 0 Å². The third kappa shape index (κ3) is 3.27. The van der Waals surface area contributed by atoms with Crippen LogP contribution < -0.4 is 0 Å². The van der Waals surface area contributed by atoms with Crippen molar-refractivity contribution in [1.82, 2.24) is 0 Å². The highest BCUT2D eigenvalue weighted by molar-refractivity contribution is 6.30. The first-order valence-corrected chi connectivity index (χ1v) is 6.13. The van der Waals surface area contributed by atoms with Gasteiger partial charge in [-0.2, -0.15) is 0 Å². The number of hydrogen-bond donors (Lipinski definition) is 0. The summed E-state index contributed by atoms with van der Waals surface area (Å²) in [6.45, 7) is 0.625. The quantitative estimate of drug-likeness (QED) is 0.830. The zero-order valence-corrected chi connectivity index (χ0v) is 10.2. The van der Waals surface area contributed by atoms with E-state index in [0.29, 0.717) is 17.2 Å². The van der Waals surface area contributed by atoms with Crippen LogP contribution in [0.15, 0.2) is 18.2 Å². The van der Waals surface area contributed by atoms with E-state index in [1.807, 2.05) is 0 Å². The van der Waals surface area contributed by atoms with Crippen LogP contribution in [0, 0.1) is 5.82 Å². The Labute approximate surface area is 105 Å². The van der Waals surface area contributed by atoms with Crippen LogP contribution in [0.1, 0.15) is 24.8 Å². The van der Waals surface area contributed by atoms with E-state index in [1.54, 1.807) is 12.1 Å². The largest absolute Gasteiger partial charge is 0.370 e. The van der Waals surface area contributed by atoms with Gasteiger partial charge in [-0.25, -0.2) is 4.39 Å². The predicted molar refractivity (Wildman–Crippen MR) is 63.7 cm³/mol. The van der Waals surface area contributed by atoms with Crippen molar-refractivity contribution in [3.05, 3.63) is 34.6 Å². The van der Waals surface area contributed by atoms with E-state index in [9.17, 15) is 9.18 Å². The molecule has 1 aliphatic rings. The molecule has 17 heavy (non-hydrogen) atoms. The molecular weight excluding hydrogens is 243 g/mol. The van der Waals surface area contributed by atoms with Gasteiger partial charge < -0.3 is 4.74 Å². The van der Waals surface area contributed by atoms with Crippen molar-refractivity contribution in [2.24, 2.45) is 0 Å². The zero-order chi connectivity index (χ0) is 12.3. The van der Waals surface area contributed by atoms with Crippen LogP contribution in [0.5, 0.6) is 0 Å². The molecule has 0 spiro atoms. The van der Waals surface area contributed by atoms with Crippen molar-refractivity contribution < 1.29 is 13.9 Å². The lowest BCUT2D eigenvalue weighted by Gasteiger charge is -2.21. The van der Waals surface area contributed by atoms with Crippen LogP contribution in [0.25, 0.3) is 0 Å². The average Bonchev–Trinajstić information content (AvgIpc) is 2.34. The zero-order valence-electron chi connectivity index (χ0n) is 9.42.